The van der Waals surface area contributed by atoms with Crippen LogP contribution in [0.4, 0.5) is 32.4 Å². The smallest absolute Gasteiger partial charge is 0.314 e. The number of nitrogens with one attached hydrogen (secondary N) is 1. The number of urea groups is 1. The van der Waals surface area contributed by atoms with Crippen LogP contribution < -0.4 is 11.1 Å². The second-order valence-corrected chi connectivity index (χ2v) is 4.69. The van der Waals surface area contributed by atoms with Crippen LogP contribution in [-0.4, -0.2) is 30.1 Å². The number of anilines is 1. The highest BCUT2D eigenvalue weighted by atomic mass is 19.2. The normalized spacial score (nSPS) is 16.1. The minimum absolute atomic E-state index is 0.238. The number of nitrogens with two attached hydrogens (primary N) is 1. The zero-order chi connectivity index (χ0) is 15.7. The van der Waals surface area contributed by atoms with E-state index in [0.29, 0.717) is 0 Å². The average Bonchev–Trinajstić information content (AvgIpc) is 2.48. The molecule has 9 heteroatoms. The van der Waals surface area contributed by atoms with Crippen molar-refractivity contribution >= 4 is 11.7 Å². The van der Waals surface area contributed by atoms with Gasteiger partial charge >= 0.3 is 6.03 Å². The Balaban J connectivity index is 2.16. The van der Waals surface area contributed by atoms with Gasteiger partial charge in [-0.1, -0.05) is 0 Å². The van der Waals surface area contributed by atoms with Gasteiger partial charge < -0.3 is 16.0 Å². The summed E-state index contributed by atoms with van der Waals surface area (Å²) < 4.78 is 66.0. The van der Waals surface area contributed by atoms with Crippen LogP contribution in [0.25, 0.3) is 0 Å². The van der Waals surface area contributed by atoms with Crippen molar-refractivity contribution in [1.82, 2.24) is 4.90 Å². The molecule has 1 aliphatic rings. The third-order valence-electron chi connectivity index (χ3n) is 3.36. The van der Waals surface area contributed by atoms with Gasteiger partial charge in [-0.3, -0.25) is 0 Å². The summed E-state index contributed by atoms with van der Waals surface area (Å²) in [6.45, 7) is 0.477. The standard InChI is InChI=1S/C12H12F5N3O/c13-6-7(14)9(16)11(10(17)8(6)15)19-5-1-3-20(4-2-5)12(18)21/h5,19H,1-4H2,(H2,18,21). The van der Waals surface area contributed by atoms with E-state index in [1.807, 2.05) is 0 Å². The van der Waals surface area contributed by atoms with Gasteiger partial charge in [0.25, 0.3) is 0 Å². The van der Waals surface area contributed by atoms with E-state index < -0.39 is 46.8 Å². The molecule has 0 bridgehead atoms. The molecule has 2 amide bonds. The van der Waals surface area contributed by atoms with E-state index in [2.05, 4.69) is 5.32 Å². The molecule has 1 aromatic rings. The lowest BCUT2D eigenvalue weighted by atomic mass is 10.0. The van der Waals surface area contributed by atoms with Gasteiger partial charge in [-0.25, -0.2) is 26.7 Å². The molecule has 0 aromatic heterocycles. The van der Waals surface area contributed by atoms with Crippen LogP contribution >= 0.6 is 0 Å². The lowest BCUT2D eigenvalue weighted by Gasteiger charge is -2.31. The lowest BCUT2D eigenvalue weighted by molar-refractivity contribution is 0.193. The van der Waals surface area contributed by atoms with Gasteiger partial charge in [-0.2, -0.15) is 0 Å². The maximum absolute atomic E-state index is 13.5. The van der Waals surface area contributed by atoms with Gasteiger partial charge in [0.15, 0.2) is 23.3 Å². The molecular weight excluding hydrogens is 297 g/mol. The second kappa shape index (κ2) is 5.74. The number of benzene rings is 1. The Morgan fingerprint density at radius 2 is 1.38 bits per heavy atom. The topological polar surface area (TPSA) is 58.4 Å². The Morgan fingerprint density at radius 1 is 0.952 bits per heavy atom. The summed E-state index contributed by atoms with van der Waals surface area (Å²) in [5.41, 5.74) is 4.02. The molecule has 1 fully saturated rings. The zero-order valence-corrected chi connectivity index (χ0v) is 10.7. The molecule has 1 heterocycles. The van der Waals surface area contributed by atoms with Crippen LogP contribution in [0.5, 0.6) is 0 Å². The molecule has 0 saturated carbocycles. The molecule has 0 atom stereocenters. The first kappa shape index (κ1) is 15.3. The van der Waals surface area contributed by atoms with E-state index in [1.54, 1.807) is 0 Å². The van der Waals surface area contributed by atoms with Gasteiger partial charge in [0.05, 0.1) is 0 Å². The number of carbonyl (C=O) groups excluding carboxylic acids is 1. The number of piperidine rings is 1. The van der Waals surface area contributed by atoms with Crippen LogP contribution in [0.2, 0.25) is 0 Å². The number of rotatable bonds is 2. The van der Waals surface area contributed by atoms with Crippen LogP contribution in [0.1, 0.15) is 12.8 Å². The van der Waals surface area contributed by atoms with Crippen LogP contribution in [0.3, 0.4) is 0 Å². The third-order valence-corrected chi connectivity index (χ3v) is 3.36. The van der Waals surface area contributed by atoms with Crippen LogP contribution in [0, 0.1) is 29.1 Å². The molecule has 21 heavy (non-hydrogen) atoms. The quantitative estimate of drug-likeness (QED) is 0.500. The SMILES string of the molecule is NC(=O)N1CCC(Nc2c(F)c(F)c(F)c(F)c2F)CC1. The Kier molecular flexibility index (Phi) is 4.19. The van der Waals surface area contributed by atoms with Crippen molar-refractivity contribution in [1.29, 1.82) is 0 Å². The predicted octanol–water partition coefficient (Wildman–Crippen LogP) is 2.34. The fourth-order valence-corrected chi connectivity index (χ4v) is 2.18. The first-order valence-electron chi connectivity index (χ1n) is 6.15. The highest BCUT2D eigenvalue weighted by Gasteiger charge is 2.28. The number of carbonyl (C=O) groups is 1. The van der Waals surface area contributed by atoms with Crippen molar-refractivity contribution < 1.29 is 26.7 Å². The first-order chi connectivity index (χ1) is 9.82. The molecule has 1 saturated heterocycles. The molecule has 2 rings (SSSR count). The molecule has 3 N–H and O–H groups in total. The van der Waals surface area contributed by atoms with Gasteiger partial charge in [0, 0.05) is 19.1 Å². The summed E-state index contributed by atoms with van der Waals surface area (Å²) in [4.78, 5) is 12.3. The number of hydrogen-bond donors (Lipinski definition) is 2. The number of likely N-dealkylation sites (tertiary alicyclic amines) is 1. The molecule has 1 aliphatic heterocycles. The van der Waals surface area contributed by atoms with Gasteiger partial charge in [-0.15, -0.1) is 0 Å². The summed E-state index contributed by atoms with van der Waals surface area (Å²) in [7, 11) is 0. The van der Waals surface area contributed by atoms with E-state index in [0.717, 1.165) is 0 Å². The monoisotopic (exact) mass is 309 g/mol. The van der Waals surface area contributed by atoms with E-state index in [4.69, 9.17) is 5.73 Å². The summed E-state index contributed by atoms with van der Waals surface area (Å²) in [6.07, 6.45) is 0.560. The maximum Gasteiger partial charge on any atom is 0.314 e. The molecule has 0 unspecified atom stereocenters. The van der Waals surface area contributed by atoms with E-state index in [1.165, 1.54) is 4.90 Å². The zero-order valence-electron chi connectivity index (χ0n) is 10.7. The largest absolute Gasteiger partial charge is 0.377 e. The van der Waals surface area contributed by atoms with Crippen molar-refractivity contribution in [3.8, 4) is 0 Å². The minimum atomic E-state index is -2.20. The van der Waals surface area contributed by atoms with Crippen LogP contribution in [0.15, 0.2) is 0 Å². The Hall–Kier alpha value is -2.06. The summed E-state index contributed by atoms with van der Waals surface area (Å²) in [6, 6.07) is -1.14. The maximum atomic E-state index is 13.5. The molecule has 0 radical (unpaired) electrons. The van der Waals surface area contributed by atoms with Gasteiger partial charge in [0.2, 0.25) is 5.82 Å². The molecule has 0 spiro atoms. The average molecular weight is 309 g/mol. The van der Waals surface area contributed by atoms with E-state index >= 15 is 0 Å². The van der Waals surface area contributed by atoms with Crippen molar-refractivity contribution in [2.45, 2.75) is 18.9 Å². The van der Waals surface area contributed by atoms with E-state index in [-0.39, 0.29) is 25.9 Å². The Bertz CT molecular complexity index is 543. The molecular formula is C12H12F5N3O. The number of hydrogen-bond acceptors (Lipinski definition) is 2. The molecule has 4 nitrogen and oxygen atoms in total. The summed E-state index contributed by atoms with van der Waals surface area (Å²) >= 11 is 0. The Morgan fingerprint density at radius 3 is 1.81 bits per heavy atom. The number of nitrogens with zero attached hydrogens (tertiary/aromatic N) is 1. The fourth-order valence-electron chi connectivity index (χ4n) is 2.18. The number of amides is 2. The van der Waals surface area contributed by atoms with Gasteiger partial charge in [0.1, 0.15) is 5.69 Å². The minimum Gasteiger partial charge on any atom is -0.377 e. The Labute approximate surface area is 116 Å². The van der Waals surface area contributed by atoms with Crippen LogP contribution in [-0.2, 0) is 0 Å². The number of primary amides is 1. The molecule has 1 aromatic carbocycles. The molecule has 0 aliphatic carbocycles. The first-order valence-corrected chi connectivity index (χ1v) is 6.15. The predicted molar refractivity (Wildman–Crippen MR) is 64.0 cm³/mol. The highest BCUT2D eigenvalue weighted by molar-refractivity contribution is 5.72. The van der Waals surface area contributed by atoms with Crippen molar-refractivity contribution in [3.63, 3.8) is 0 Å². The fraction of sp³-hybridized carbons (Fsp3) is 0.417. The summed E-state index contributed by atoms with van der Waals surface area (Å²) in [5, 5.41) is 2.31. The lowest BCUT2D eigenvalue weighted by Crippen LogP contribution is -2.45. The third kappa shape index (κ3) is 2.86. The highest BCUT2D eigenvalue weighted by Crippen LogP contribution is 2.28. The summed E-state index contributed by atoms with van der Waals surface area (Å²) in [5.74, 6) is -9.98. The second-order valence-electron chi connectivity index (χ2n) is 4.69. The van der Waals surface area contributed by atoms with Crippen molar-refractivity contribution in [2.24, 2.45) is 5.73 Å². The van der Waals surface area contributed by atoms with Crippen molar-refractivity contribution in [3.05, 3.63) is 29.1 Å². The number of halogens is 5. The van der Waals surface area contributed by atoms with Gasteiger partial charge in [-0.05, 0) is 12.8 Å². The van der Waals surface area contributed by atoms with E-state index in [9.17, 15) is 26.7 Å². The van der Waals surface area contributed by atoms with Crippen molar-refractivity contribution in [2.75, 3.05) is 18.4 Å². The molecule has 116 valence electrons.